The average Bonchev–Trinajstić information content (AvgIpc) is 3.40. The van der Waals surface area contributed by atoms with Crippen molar-refractivity contribution < 1.29 is 0 Å². The third-order valence-corrected chi connectivity index (χ3v) is 5.79. The first-order chi connectivity index (χ1) is 14.7. The molecule has 0 amide bonds. The monoisotopic (exact) mass is 431 g/mol. The zero-order valence-corrected chi connectivity index (χ0v) is 17.5. The minimum Gasteiger partial charge on any atom is -0.351 e. The summed E-state index contributed by atoms with van der Waals surface area (Å²) in [5.74, 6) is 0. The molecule has 1 aliphatic heterocycles. The molecule has 3 aromatic heterocycles. The smallest absolute Gasteiger partial charge is 0.174 e. The fraction of sp³-hybridized carbons (Fsp3) is 0.0870. The van der Waals surface area contributed by atoms with Crippen LogP contribution in [-0.2, 0) is 0 Å². The van der Waals surface area contributed by atoms with Gasteiger partial charge in [-0.15, -0.1) is 0 Å². The standard InChI is InChI=1S/C23H18ClN5S/c24-16-6-8-18(9-7-16)29-22(21(27-23(29)30)19-4-1-2-12-26-19)20-5-3-15-28(20)17-10-13-25-14-11-17/h1-15,21-22H,(H,27,30). The zero-order chi connectivity index (χ0) is 20.5. The summed E-state index contributed by atoms with van der Waals surface area (Å²) >= 11 is 11.9. The quantitative estimate of drug-likeness (QED) is 0.455. The Bertz CT molecular complexity index is 1160. The highest BCUT2D eigenvalue weighted by Crippen LogP contribution is 2.42. The van der Waals surface area contributed by atoms with E-state index in [0.29, 0.717) is 10.1 Å². The number of hydrogen-bond donors (Lipinski definition) is 1. The fourth-order valence-electron chi connectivity index (χ4n) is 3.91. The molecule has 4 aromatic rings. The van der Waals surface area contributed by atoms with E-state index >= 15 is 0 Å². The lowest BCUT2D eigenvalue weighted by Crippen LogP contribution is -2.30. The molecule has 2 atom stereocenters. The Labute approximate surface area is 185 Å². The molecule has 4 heterocycles. The van der Waals surface area contributed by atoms with Gasteiger partial charge in [0.05, 0.1) is 11.7 Å². The number of pyridine rings is 2. The first kappa shape index (κ1) is 18.8. The van der Waals surface area contributed by atoms with Gasteiger partial charge in [-0.1, -0.05) is 17.7 Å². The maximum Gasteiger partial charge on any atom is 0.174 e. The van der Waals surface area contributed by atoms with Gasteiger partial charge < -0.3 is 14.8 Å². The number of nitrogens with one attached hydrogen (secondary N) is 1. The molecule has 0 bridgehead atoms. The lowest BCUT2D eigenvalue weighted by atomic mass is 10.0. The maximum absolute atomic E-state index is 6.13. The molecular weight excluding hydrogens is 414 g/mol. The van der Waals surface area contributed by atoms with Gasteiger partial charge in [0.1, 0.15) is 6.04 Å². The highest BCUT2D eigenvalue weighted by molar-refractivity contribution is 7.80. The molecular formula is C23H18ClN5S. The minimum atomic E-state index is -0.107. The lowest BCUT2D eigenvalue weighted by Gasteiger charge is -2.29. The molecule has 0 aliphatic carbocycles. The van der Waals surface area contributed by atoms with Crippen LogP contribution in [0.5, 0.6) is 0 Å². The van der Waals surface area contributed by atoms with E-state index in [0.717, 1.165) is 22.8 Å². The van der Waals surface area contributed by atoms with Gasteiger partial charge >= 0.3 is 0 Å². The second kappa shape index (κ2) is 7.89. The van der Waals surface area contributed by atoms with Crippen molar-refractivity contribution in [3.8, 4) is 5.69 Å². The van der Waals surface area contributed by atoms with Crippen molar-refractivity contribution in [1.29, 1.82) is 0 Å². The normalized spacial score (nSPS) is 18.4. The number of anilines is 1. The molecule has 1 aliphatic rings. The van der Waals surface area contributed by atoms with Crippen molar-refractivity contribution in [2.24, 2.45) is 0 Å². The first-order valence-corrected chi connectivity index (χ1v) is 10.3. The van der Waals surface area contributed by atoms with Crippen molar-refractivity contribution in [3.05, 3.63) is 108 Å². The van der Waals surface area contributed by atoms with Crippen LogP contribution in [0.1, 0.15) is 23.5 Å². The van der Waals surface area contributed by atoms with E-state index in [1.807, 2.05) is 66.9 Å². The Hall–Kier alpha value is -3.22. The molecule has 1 aromatic carbocycles. The topological polar surface area (TPSA) is 46.0 Å². The van der Waals surface area contributed by atoms with Gasteiger partial charge in [-0.25, -0.2) is 0 Å². The van der Waals surface area contributed by atoms with E-state index < -0.39 is 0 Å². The lowest BCUT2D eigenvalue weighted by molar-refractivity contribution is 0.549. The van der Waals surface area contributed by atoms with Gasteiger partial charge in [0.15, 0.2) is 5.11 Å². The summed E-state index contributed by atoms with van der Waals surface area (Å²) in [6, 6.07) is 21.6. The fourth-order valence-corrected chi connectivity index (χ4v) is 4.38. The third kappa shape index (κ3) is 3.34. The second-order valence-corrected chi connectivity index (χ2v) is 7.80. The summed E-state index contributed by atoms with van der Waals surface area (Å²) in [4.78, 5) is 10.9. The SMILES string of the molecule is S=C1NC(c2ccccn2)C(c2cccn2-c2ccncc2)N1c1ccc(Cl)cc1. The molecule has 7 heteroatoms. The van der Waals surface area contributed by atoms with E-state index in [4.69, 9.17) is 23.8 Å². The first-order valence-electron chi connectivity index (χ1n) is 9.56. The number of rotatable bonds is 4. The van der Waals surface area contributed by atoms with E-state index in [1.54, 1.807) is 12.4 Å². The average molecular weight is 432 g/mol. The van der Waals surface area contributed by atoms with Crippen molar-refractivity contribution in [2.45, 2.75) is 12.1 Å². The zero-order valence-electron chi connectivity index (χ0n) is 15.9. The molecule has 30 heavy (non-hydrogen) atoms. The highest BCUT2D eigenvalue weighted by atomic mass is 35.5. The Morgan fingerprint density at radius 2 is 1.67 bits per heavy atom. The third-order valence-electron chi connectivity index (χ3n) is 5.23. The van der Waals surface area contributed by atoms with Crippen LogP contribution in [0, 0.1) is 0 Å². The number of thiocarbonyl (C=S) groups is 1. The van der Waals surface area contributed by atoms with Crippen molar-refractivity contribution in [2.75, 3.05) is 4.90 Å². The maximum atomic E-state index is 6.13. The van der Waals surface area contributed by atoms with Crippen molar-refractivity contribution >= 4 is 34.6 Å². The molecule has 0 saturated carbocycles. The molecule has 5 nitrogen and oxygen atoms in total. The summed E-state index contributed by atoms with van der Waals surface area (Å²) in [6.45, 7) is 0. The summed E-state index contributed by atoms with van der Waals surface area (Å²) in [7, 11) is 0. The Kier molecular flexibility index (Phi) is 4.94. The van der Waals surface area contributed by atoms with Crippen LogP contribution in [0.25, 0.3) is 5.69 Å². The Morgan fingerprint density at radius 1 is 0.867 bits per heavy atom. The largest absolute Gasteiger partial charge is 0.351 e. The predicted octanol–water partition coefficient (Wildman–Crippen LogP) is 5.10. The molecule has 2 unspecified atom stereocenters. The summed E-state index contributed by atoms with van der Waals surface area (Å²) in [5, 5.41) is 4.83. The van der Waals surface area contributed by atoms with E-state index in [-0.39, 0.29) is 12.1 Å². The van der Waals surface area contributed by atoms with Crippen LogP contribution in [0.15, 0.2) is 91.5 Å². The molecule has 148 valence electrons. The summed E-state index contributed by atoms with van der Waals surface area (Å²) < 4.78 is 2.17. The molecule has 0 radical (unpaired) electrons. The van der Waals surface area contributed by atoms with Crippen LogP contribution in [0.4, 0.5) is 5.69 Å². The molecule has 1 fully saturated rings. The van der Waals surface area contributed by atoms with Crippen LogP contribution in [0.2, 0.25) is 5.02 Å². The van der Waals surface area contributed by atoms with Gasteiger partial charge in [0, 0.05) is 46.9 Å². The van der Waals surface area contributed by atoms with Crippen LogP contribution >= 0.6 is 23.8 Å². The summed E-state index contributed by atoms with van der Waals surface area (Å²) in [6.07, 6.45) is 7.46. The van der Waals surface area contributed by atoms with Crippen LogP contribution in [0.3, 0.4) is 0 Å². The molecule has 0 spiro atoms. The van der Waals surface area contributed by atoms with Crippen molar-refractivity contribution in [1.82, 2.24) is 19.9 Å². The summed E-state index contributed by atoms with van der Waals surface area (Å²) in [5.41, 5.74) is 4.05. The second-order valence-electron chi connectivity index (χ2n) is 6.98. The van der Waals surface area contributed by atoms with Gasteiger partial charge in [-0.05, 0) is 72.9 Å². The number of nitrogens with zero attached hydrogens (tertiary/aromatic N) is 4. The van der Waals surface area contributed by atoms with Crippen LogP contribution in [-0.4, -0.2) is 19.6 Å². The molecule has 5 rings (SSSR count). The van der Waals surface area contributed by atoms with E-state index in [9.17, 15) is 0 Å². The van der Waals surface area contributed by atoms with E-state index in [1.165, 1.54) is 0 Å². The Balaban J connectivity index is 1.67. The van der Waals surface area contributed by atoms with Gasteiger partial charge in [-0.2, -0.15) is 0 Å². The number of halogens is 1. The molecule has 1 N–H and O–H groups in total. The van der Waals surface area contributed by atoms with Crippen LogP contribution < -0.4 is 10.2 Å². The minimum absolute atomic E-state index is 0.100. The molecule has 1 saturated heterocycles. The predicted molar refractivity (Wildman–Crippen MR) is 123 cm³/mol. The van der Waals surface area contributed by atoms with E-state index in [2.05, 4.69) is 37.0 Å². The number of benzene rings is 1. The number of hydrogen-bond acceptors (Lipinski definition) is 3. The van der Waals surface area contributed by atoms with Gasteiger partial charge in [0.25, 0.3) is 0 Å². The highest BCUT2D eigenvalue weighted by Gasteiger charge is 2.42. The van der Waals surface area contributed by atoms with Gasteiger partial charge in [0.2, 0.25) is 0 Å². The van der Waals surface area contributed by atoms with Gasteiger partial charge in [-0.3, -0.25) is 9.97 Å². The Morgan fingerprint density at radius 3 is 2.40 bits per heavy atom. The number of aromatic nitrogens is 3. The van der Waals surface area contributed by atoms with Crippen molar-refractivity contribution in [3.63, 3.8) is 0 Å².